The van der Waals surface area contributed by atoms with Crippen molar-refractivity contribution >= 4 is 50.7 Å². The number of benzene rings is 3. The van der Waals surface area contributed by atoms with Crippen LogP contribution in [-0.2, 0) is 32.6 Å². The fraction of sp³-hybridized carbons (Fsp3) is 0.333. The molecule has 0 fully saturated rings. The molecule has 1 N–H and O–H groups in total. The van der Waals surface area contributed by atoms with Gasteiger partial charge in [0.25, 0.3) is 0 Å². The third-order valence-corrected chi connectivity index (χ3v) is 8.64. The number of hydrogen-bond donors (Lipinski definition) is 1. The molecule has 3 aromatic carbocycles. The van der Waals surface area contributed by atoms with Gasteiger partial charge >= 0.3 is 0 Å². The molecule has 0 saturated carbocycles. The molecule has 0 unspecified atom stereocenters. The number of nitrogens with one attached hydrogen (secondary N) is 1. The van der Waals surface area contributed by atoms with Gasteiger partial charge in [0.1, 0.15) is 12.6 Å². The molecule has 0 aromatic heterocycles. The first-order valence-corrected chi connectivity index (χ1v) is 16.1. The maximum absolute atomic E-state index is 14.2. The normalized spacial score (nSPS) is 13.0. The number of unbranched alkanes of at least 4 members (excludes halogenated alkanes) is 1. The molecule has 0 aliphatic carbocycles. The number of anilines is 1. The number of halogens is 2. The summed E-state index contributed by atoms with van der Waals surface area (Å²) in [6.45, 7) is 1.93. The van der Waals surface area contributed by atoms with Crippen LogP contribution in [0.3, 0.4) is 0 Å². The highest BCUT2D eigenvalue weighted by Crippen LogP contribution is 2.36. The largest absolute Gasteiger partial charge is 0.454 e. The third kappa shape index (κ3) is 8.08. The van der Waals surface area contributed by atoms with Crippen molar-refractivity contribution in [3.8, 4) is 11.5 Å². The molecular weight excluding hydrogens is 601 g/mol. The zero-order valence-corrected chi connectivity index (χ0v) is 25.7. The Kier molecular flexibility index (Phi) is 10.6. The Morgan fingerprint density at radius 3 is 2.38 bits per heavy atom. The van der Waals surface area contributed by atoms with Gasteiger partial charge in [-0.15, -0.1) is 0 Å². The Bertz CT molecular complexity index is 1520. The first kappa shape index (κ1) is 31.5. The monoisotopic (exact) mass is 633 g/mol. The van der Waals surface area contributed by atoms with Crippen LogP contribution in [0.5, 0.6) is 11.5 Å². The lowest BCUT2D eigenvalue weighted by atomic mass is 10.0. The molecule has 1 aliphatic heterocycles. The molecular formula is C30H33Cl2N3O6S. The van der Waals surface area contributed by atoms with Crippen LogP contribution in [0.25, 0.3) is 0 Å². The van der Waals surface area contributed by atoms with E-state index in [9.17, 15) is 18.0 Å². The lowest BCUT2D eigenvalue weighted by Gasteiger charge is -2.33. The van der Waals surface area contributed by atoms with Crippen LogP contribution in [0.4, 0.5) is 5.69 Å². The van der Waals surface area contributed by atoms with E-state index in [1.165, 1.54) is 11.0 Å². The summed E-state index contributed by atoms with van der Waals surface area (Å²) in [7, 11) is -3.92. The van der Waals surface area contributed by atoms with E-state index in [1.54, 1.807) is 30.3 Å². The second kappa shape index (κ2) is 14.1. The van der Waals surface area contributed by atoms with Crippen molar-refractivity contribution in [2.45, 2.75) is 38.8 Å². The van der Waals surface area contributed by atoms with Crippen LogP contribution in [0.15, 0.2) is 66.7 Å². The summed E-state index contributed by atoms with van der Waals surface area (Å²) >= 11 is 12.4. The van der Waals surface area contributed by atoms with Crippen molar-refractivity contribution in [3.05, 3.63) is 87.9 Å². The van der Waals surface area contributed by atoms with Gasteiger partial charge in [-0.2, -0.15) is 0 Å². The van der Waals surface area contributed by atoms with Crippen molar-refractivity contribution in [1.82, 2.24) is 10.2 Å². The molecule has 2 amide bonds. The first-order chi connectivity index (χ1) is 20.1. The Labute approximate surface area is 256 Å². The molecule has 1 atom stereocenters. The van der Waals surface area contributed by atoms with Crippen LogP contribution in [0.1, 0.15) is 30.9 Å². The summed E-state index contributed by atoms with van der Waals surface area (Å²) in [6.07, 6.45) is 2.90. The summed E-state index contributed by atoms with van der Waals surface area (Å²) in [4.78, 5) is 29.2. The van der Waals surface area contributed by atoms with Gasteiger partial charge in [-0.25, -0.2) is 8.42 Å². The van der Waals surface area contributed by atoms with E-state index in [2.05, 4.69) is 5.32 Å². The van der Waals surface area contributed by atoms with Crippen LogP contribution >= 0.6 is 23.2 Å². The summed E-state index contributed by atoms with van der Waals surface area (Å²) in [5, 5.41) is 3.59. The summed E-state index contributed by atoms with van der Waals surface area (Å²) in [6, 6.07) is 18.0. The van der Waals surface area contributed by atoms with E-state index < -0.39 is 28.5 Å². The van der Waals surface area contributed by atoms with Gasteiger partial charge in [0.15, 0.2) is 11.5 Å². The average molecular weight is 635 g/mol. The van der Waals surface area contributed by atoms with Gasteiger partial charge in [0.05, 0.1) is 22.0 Å². The number of ether oxygens (including phenoxy) is 2. The fourth-order valence-corrected chi connectivity index (χ4v) is 5.71. The first-order valence-electron chi connectivity index (χ1n) is 13.5. The number of sulfonamides is 1. The molecule has 4 rings (SSSR count). The predicted octanol–water partition coefficient (Wildman–Crippen LogP) is 5.04. The highest BCUT2D eigenvalue weighted by Gasteiger charge is 2.33. The molecule has 9 nitrogen and oxygen atoms in total. The van der Waals surface area contributed by atoms with Crippen LogP contribution < -0.4 is 19.1 Å². The standard InChI is InChI=1S/C30H33Cl2N3O6S/c1-3-4-14-33-30(37)26(16-21-8-6-5-7-9-21)34(18-22-10-12-24(31)25(32)15-22)29(36)19-35(42(2,38)39)23-11-13-27-28(17-23)41-20-40-27/h5-13,15,17,26H,3-4,14,16,18-20H2,1-2H3,(H,33,37)/t26-/m0/s1. The molecule has 1 aliphatic rings. The highest BCUT2D eigenvalue weighted by atomic mass is 35.5. The molecule has 42 heavy (non-hydrogen) atoms. The smallest absolute Gasteiger partial charge is 0.244 e. The zero-order chi connectivity index (χ0) is 30.3. The van der Waals surface area contributed by atoms with Crippen LogP contribution in [-0.4, -0.2) is 57.3 Å². The zero-order valence-electron chi connectivity index (χ0n) is 23.4. The van der Waals surface area contributed by atoms with Gasteiger partial charge < -0.3 is 19.7 Å². The Balaban J connectivity index is 1.72. The van der Waals surface area contributed by atoms with E-state index in [4.69, 9.17) is 32.7 Å². The van der Waals surface area contributed by atoms with Crippen LogP contribution in [0, 0.1) is 0 Å². The van der Waals surface area contributed by atoms with Gasteiger partial charge in [0.2, 0.25) is 28.6 Å². The topological polar surface area (TPSA) is 105 Å². The molecule has 3 aromatic rings. The second-order valence-corrected chi connectivity index (χ2v) is 12.6. The van der Waals surface area contributed by atoms with Crippen LogP contribution in [0.2, 0.25) is 10.0 Å². The predicted molar refractivity (Wildman–Crippen MR) is 164 cm³/mol. The maximum Gasteiger partial charge on any atom is 0.244 e. The number of nitrogens with zero attached hydrogens (tertiary/aromatic N) is 2. The summed E-state index contributed by atoms with van der Waals surface area (Å²) in [5.41, 5.74) is 1.71. The number of carbonyl (C=O) groups is 2. The van der Waals surface area contributed by atoms with E-state index in [1.807, 2.05) is 37.3 Å². The van der Waals surface area contributed by atoms with Crippen molar-refractivity contribution < 1.29 is 27.5 Å². The van der Waals surface area contributed by atoms with Gasteiger partial charge in [-0.1, -0.05) is 72.9 Å². The molecule has 0 spiro atoms. The SMILES string of the molecule is CCCCNC(=O)[C@H](Cc1ccccc1)N(Cc1ccc(Cl)c(Cl)c1)C(=O)CN(c1ccc2c(c1)OCO2)S(C)(=O)=O. The number of amides is 2. The van der Waals surface area contributed by atoms with Gasteiger partial charge in [0, 0.05) is 25.6 Å². The van der Waals surface area contributed by atoms with Gasteiger partial charge in [-0.05, 0) is 41.8 Å². The molecule has 1 heterocycles. The Morgan fingerprint density at radius 2 is 1.69 bits per heavy atom. The van der Waals surface area contributed by atoms with E-state index in [-0.39, 0.29) is 31.4 Å². The third-order valence-electron chi connectivity index (χ3n) is 6.76. The number of carbonyl (C=O) groups excluding carboxylic acids is 2. The lowest BCUT2D eigenvalue weighted by Crippen LogP contribution is -2.53. The minimum absolute atomic E-state index is 0.00678. The van der Waals surface area contributed by atoms with Crippen molar-refractivity contribution in [2.24, 2.45) is 0 Å². The number of fused-ring (bicyclic) bond motifs is 1. The maximum atomic E-state index is 14.2. The van der Waals surface area contributed by atoms with Crippen molar-refractivity contribution in [2.75, 3.05) is 30.4 Å². The molecule has 224 valence electrons. The second-order valence-electron chi connectivity index (χ2n) is 9.93. The van der Waals surface area contributed by atoms with E-state index in [0.717, 1.165) is 29.0 Å². The highest BCUT2D eigenvalue weighted by molar-refractivity contribution is 7.92. The molecule has 0 radical (unpaired) electrons. The fourth-order valence-electron chi connectivity index (χ4n) is 4.55. The van der Waals surface area contributed by atoms with E-state index in [0.29, 0.717) is 33.7 Å². The molecule has 0 saturated heterocycles. The molecule has 0 bridgehead atoms. The van der Waals surface area contributed by atoms with Crippen molar-refractivity contribution in [1.29, 1.82) is 0 Å². The quantitative estimate of drug-likeness (QED) is 0.264. The minimum atomic E-state index is -3.92. The average Bonchev–Trinajstić information content (AvgIpc) is 3.43. The van der Waals surface area contributed by atoms with E-state index >= 15 is 0 Å². The summed E-state index contributed by atoms with van der Waals surface area (Å²) < 4.78 is 37.7. The summed E-state index contributed by atoms with van der Waals surface area (Å²) in [5.74, 6) is -0.0598. The van der Waals surface area contributed by atoms with Gasteiger partial charge in [-0.3, -0.25) is 13.9 Å². The lowest BCUT2D eigenvalue weighted by molar-refractivity contribution is -0.140. The molecule has 12 heteroatoms. The minimum Gasteiger partial charge on any atom is -0.454 e. The Morgan fingerprint density at radius 1 is 0.952 bits per heavy atom. The number of rotatable bonds is 13. The van der Waals surface area contributed by atoms with Crippen molar-refractivity contribution in [3.63, 3.8) is 0 Å². The Hall–Kier alpha value is -3.47. The number of hydrogen-bond acceptors (Lipinski definition) is 6.